The lowest BCUT2D eigenvalue weighted by Crippen LogP contribution is -2.28. The van der Waals surface area contributed by atoms with Gasteiger partial charge in [-0.25, -0.2) is 0 Å². The Morgan fingerprint density at radius 1 is 0.550 bits per heavy atom. The molecule has 1 aliphatic carbocycles. The molecule has 0 unspecified atom stereocenters. The molecule has 6 aromatic rings. The Balaban J connectivity index is 1.37. The van der Waals surface area contributed by atoms with E-state index >= 15 is 0 Å². The fraction of sp³-hybridized carbons (Fsp3) is 0.0769. The summed E-state index contributed by atoms with van der Waals surface area (Å²) in [7, 11) is 0. The number of anilines is 2. The molecule has 1 heteroatoms. The average molecular weight is 514 g/mol. The standard InChI is InChI=1S/C39H31N/c1-2-3-12-28-19-20-29-21-22-33(26-30(29)25-28)40-34-23-24-36-35-17-10-11-18-37(35)39(38(36)27-34,31-13-6-4-7-14-31)32-15-8-5-9-16-32/h2,4-11,13-27,40H,1,3,12H2. The molecular formula is C39H31N. The van der Waals surface area contributed by atoms with E-state index in [-0.39, 0.29) is 0 Å². The molecule has 0 spiro atoms. The highest BCUT2D eigenvalue weighted by Gasteiger charge is 2.45. The molecule has 0 fully saturated rings. The van der Waals surface area contributed by atoms with Gasteiger partial charge in [0.05, 0.1) is 5.41 Å². The Labute approximate surface area is 236 Å². The summed E-state index contributed by atoms with van der Waals surface area (Å²) in [5.74, 6) is 0. The Kier molecular flexibility index (Phi) is 6.06. The van der Waals surface area contributed by atoms with Gasteiger partial charge in [0.2, 0.25) is 0 Å². The summed E-state index contributed by atoms with van der Waals surface area (Å²) < 4.78 is 0. The van der Waals surface area contributed by atoms with Gasteiger partial charge in [-0.1, -0.05) is 121 Å². The van der Waals surface area contributed by atoms with Crippen LogP contribution in [0.2, 0.25) is 0 Å². The lowest BCUT2D eigenvalue weighted by atomic mass is 9.67. The third-order valence-corrected chi connectivity index (χ3v) is 8.29. The van der Waals surface area contributed by atoms with Crippen LogP contribution >= 0.6 is 0 Å². The highest BCUT2D eigenvalue weighted by molar-refractivity contribution is 5.89. The predicted octanol–water partition coefficient (Wildman–Crippen LogP) is 10.1. The molecule has 192 valence electrons. The molecule has 0 atom stereocenters. The second-order valence-electron chi connectivity index (χ2n) is 10.6. The molecule has 6 aromatic carbocycles. The summed E-state index contributed by atoms with van der Waals surface area (Å²) in [6.45, 7) is 3.88. The monoisotopic (exact) mass is 513 g/mol. The minimum absolute atomic E-state index is 0.393. The Morgan fingerprint density at radius 2 is 1.18 bits per heavy atom. The molecule has 1 nitrogen and oxygen atoms in total. The maximum atomic E-state index is 3.88. The van der Waals surface area contributed by atoms with Crippen LogP contribution in [0.15, 0.2) is 152 Å². The van der Waals surface area contributed by atoms with Gasteiger partial charge >= 0.3 is 0 Å². The Morgan fingerprint density at radius 3 is 1.93 bits per heavy atom. The van der Waals surface area contributed by atoms with Crippen molar-refractivity contribution >= 4 is 22.1 Å². The van der Waals surface area contributed by atoms with E-state index in [1.54, 1.807) is 0 Å². The molecule has 0 radical (unpaired) electrons. The van der Waals surface area contributed by atoms with Crippen molar-refractivity contribution in [2.75, 3.05) is 5.32 Å². The van der Waals surface area contributed by atoms with Crippen LogP contribution < -0.4 is 5.32 Å². The smallest absolute Gasteiger partial charge is 0.0714 e. The largest absolute Gasteiger partial charge is 0.355 e. The average Bonchev–Trinajstić information content (AvgIpc) is 3.31. The molecule has 1 N–H and O–H groups in total. The van der Waals surface area contributed by atoms with Gasteiger partial charge < -0.3 is 5.32 Å². The van der Waals surface area contributed by atoms with E-state index in [0.29, 0.717) is 0 Å². The van der Waals surface area contributed by atoms with Crippen molar-refractivity contribution in [1.82, 2.24) is 0 Å². The van der Waals surface area contributed by atoms with E-state index in [4.69, 9.17) is 0 Å². The summed E-state index contributed by atoms with van der Waals surface area (Å²) >= 11 is 0. The first kappa shape index (κ1) is 24.2. The van der Waals surface area contributed by atoms with Gasteiger partial charge in [-0.2, -0.15) is 0 Å². The first-order chi connectivity index (χ1) is 19.8. The molecule has 40 heavy (non-hydrogen) atoms. The van der Waals surface area contributed by atoms with E-state index < -0.39 is 5.41 Å². The van der Waals surface area contributed by atoms with Gasteiger partial charge in [0.15, 0.2) is 0 Å². The first-order valence-electron chi connectivity index (χ1n) is 14.0. The zero-order valence-corrected chi connectivity index (χ0v) is 22.5. The van der Waals surface area contributed by atoms with Gasteiger partial charge in [-0.15, -0.1) is 6.58 Å². The summed E-state index contributed by atoms with van der Waals surface area (Å²) in [4.78, 5) is 0. The van der Waals surface area contributed by atoms with E-state index in [2.05, 4.69) is 151 Å². The number of rotatable bonds is 7. The number of fused-ring (bicyclic) bond motifs is 4. The fourth-order valence-corrected chi connectivity index (χ4v) is 6.49. The highest BCUT2D eigenvalue weighted by Crippen LogP contribution is 2.56. The molecule has 1 aliphatic rings. The summed E-state index contributed by atoms with van der Waals surface area (Å²) in [5, 5.41) is 6.25. The zero-order chi connectivity index (χ0) is 26.9. The molecule has 0 saturated heterocycles. The molecule has 0 bridgehead atoms. The lowest BCUT2D eigenvalue weighted by molar-refractivity contribution is 0.769. The van der Waals surface area contributed by atoms with Crippen LogP contribution in [0.4, 0.5) is 11.4 Å². The third-order valence-electron chi connectivity index (χ3n) is 8.29. The Bertz CT molecular complexity index is 1790. The van der Waals surface area contributed by atoms with Crippen LogP contribution in [-0.4, -0.2) is 0 Å². The van der Waals surface area contributed by atoms with Gasteiger partial charge in [-0.3, -0.25) is 0 Å². The molecular weight excluding hydrogens is 482 g/mol. The fourth-order valence-electron chi connectivity index (χ4n) is 6.49. The second kappa shape index (κ2) is 10.0. The number of aryl methyl sites for hydroxylation is 1. The number of nitrogens with one attached hydrogen (secondary N) is 1. The van der Waals surface area contributed by atoms with Crippen LogP contribution in [0.5, 0.6) is 0 Å². The molecule has 0 amide bonds. The predicted molar refractivity (Wildman–Crippen MR) is 169 cm³/mol. The molecule has 0 heterocycles. The van der Waals surface area contributed by atoms with Crippen LogP contribution in [-0.2, 0) is 11.8 Å². The molecule has 0 saturated carbocycles. The number of hydrogen-bond acceptors (Lipinski definition) is 1. The zero-order valence-electron chi connectivity index (χ0n) is 22.5. The van der Waals surface area contributed by atoms with E-state index in [1.165, 1.54) is 49.7 Å². The maximum Gasteiger partial charge on any atom is 0.0714 e. The van der Waals surface area contributed by atoms with Gasteiger partial charge in [0, 0.05) is 11.4 Å². The van der Waals surface area contributed by atoms with Crippen molar-refractivity contribution in [3.8, 4) is 11.1 Å². The van der Waals surface area contributed by atoms with Gasteiger partial charge in [0.25, 0.3) is 0 Å². The van der Waals surface area contributed by atoms with Crippen molar-refractivity contribution in [2.45, 2.75) is 18.3 Å². The van der Waals surface area contributed by atoms with Crippen molar-refractivity contribution in [1.29, 1.82) is 0 Å². The first-order valence-corrected chi connectivity index (χ1v) is 14.0. The summed E-state index contributed by atoms with van der Waals surface area (Å²) in [6.07, 6.45) is 3.99. The van der Waals surface area contributed by atoms with Crippen molar-refractivity contribution < 1.29 is 0 Å². The van der Waals surface area contributed by atoms with Gasteiger partial charge in [-0.05, 0) is 86.8 Å². The normalized spacial score (nSPS) is 13.0. The number of hydrogen-bond donors (Lipinski definition) is 1. The molecule has 7 rings (SSSR count). The summed E-state index contributed by atoms with van der Waals surface area (Å²) in [5.41, 5.74) is 10.9. The minimum atomic E-state index is -0.393. The minimum Gasteiger partial charge on any atom is -0.355 e. The Hall–Kier alpha value is -4.88. The topological polar surface area (TPSA) is 12.0 Å². The lowest BCUT2D eigenvalue weighted by Gasteiger charge is -2.34. The van der Waals surface area contributed by atoms with Crippen molar-refractivity contribution in [3.05, 3.63) is 180 Å². The maximum absolute atomic E-state index is 3.88. The van der Waals surface area contributed by atoms with Crippen LogP contribution in [0.1, 0.15) is 34.2 Å². The van der Waals surface area contributed by atoms with Crippen LogP contribution in [0.25, 0.3) is 21.9 Å². The number of benzene rings is 6. The van der Waals surface area contributed by atoms with E-state index in [0.717, 1.165) is 24.2 Å². The molecule has 0 aromatic heterocycles. The molecule has 0 aliphatic heterocycles. The van der Waals surface area contributed by atoms with Crippen LogP contribution in [0.3, 0.4) is 0 Å². The van der Waals surface area contributed by atoms with E-state index in [9.17, 15) is 0 Å². The highest BCUT2D eigenvalue weighted by atomic mass is 14.9. The van der Waals surface area contributed by atoms with E-state index in [1.807, 2.05) is 6.08 Å². The van der Waals surface area contributed by atoms with Crippen molar-refractivity contribution in [3.63, 3.8) is 0 Å². The third kappa shape index (κ3) is 3.94. The quantitative estimate of drug-likeness (QED) is 0.209. The van der Waals surface area contributed by atoms with Crippen molar-refractivity contribution in [2.24, 2.45) is 0 Å². The van der Waals surface area contributed by atoms with Gasteiger partial charge in [0.1, 0.15) is 0 Å². The SMILES string of the molecule is C=CCCc1ccc2ccc(Nc3ccc4c(c3)C(c3ccccc3)(c3ccccc3)c3ccccc3-4)cc2c1. The number of allylic oxidation sites excluding steroid dienone is 1. The van der Waals surface area contributed by atoms with Crippen LogP contribution in [0, 0.1) is 0 Å². The summed E-state index contributed by atoms with van der Waals surface area (Å²) in [6, 6.07) is 51.0. The second-order valence-corrected chi connectivity index (χ2v) is 10.6.